The van der Waals surface area contributed by atoms with Gasteiger partial charge in [0.15, 0.2) is 0 Å². The molecule has 0 spiro atoms. The molecule has 1 aromatic carbocycles. The van der Waals surface area contributed by atoms with Crippen LogP contribution in [0.4, 0.5) is 10.6 Å². The summed E-state index contributed by atoms with van der Waals surface area (Å²) in [4.78, 5) is 24.1. The molecular formula is C26H27N7O3. The number of carbonyl (C=O) groups is 1. The molecular weight excluding hydrogens is 458 g/mol. The highest BCUT2D eigenvalue weighted by Crippen LogP contribution is 2.39. The van der Waals surface area contributed by atoms with Crippen molar-refractivity contribution in [3.05, 3.63) is 82.6 Å². The van der Waals surface area contributed by atoms with E-state index in [2.05, 4.69) is 41.7 Å². The van der Waals surface area contributed by atoms with Crippen LogP contribution in [0.5, 0.6) is 5.88 Å². The van der Waals surface area contributed by atoms with Gasteiger partial charge in [-0.2, -0.15) is 0 Å². The zero-order chi connectivity index (χ0) is 25.2. The van der Waals surface area contributed by atoms with Crippen molar-refractivity contribution in [1.82, 2.24) is 19.4 Å². The highest BCUT2D eigenvalue weighted by Gasteiger charge is 2.23. The number of hydrogen-bond donors (Lipinski definition) is 3. The number of carbonyl (C=O) groups excluding carboxylic acids is 1. The molecule has 0 bridgehead atoms. The van der Waals surface area contributed by atoms with Crippen LogP contribution in [0.2, 0.25) is 0 Å². The maximum atomic E-state index is 10.9. The summed E-state index contributed by atoms with van der Waals surface area (Å²) in [5, 5.41) is 11.2. The number of ether oxygens (including phenoxy) is 2. The van der Waals surface area contributed by atoms with Crippen molar-refractivity contribution in [3.8, 4) is 5.88 Å². The summed E-state index contributed by atoms with van der Waals surface area (Å²) in [6, 6.07) is 9.52. The van der Waals surface area contributed by atoms with Crippen molar-refractivity contribution in [1.29, 1.82) is 5.41 Å². The van der Waals surface area contributed by atoms with Crippen molar-refractivity contribution in [2.45, 2.75) is 45.8 Å². The van der Waals surface area contributed by atoms with Crippen molar-refractivity contribution < 1.29 is 14.3 Å². The van der Waals surface area contributed by atoms with E-state index in [4.69, 9.17) is 15.9 Å². The molecule has 10 heteroatoms. The number of benzene rings is 1. The largest absolute Gasteiger partial charge is 0.471 e. The van der Waals surface area contributed by atoms with Crippen LogP contribution >= 0.6 is 0 Å². The fraction of sp³-hybridized carbons (Fsp3) is 0.269. The molecule has 0 aliphatic heterocycles. The molecule has 0 atom stereocenters. The van der Waals surface area contributed by atoms with Gasteiger partial charge in [0.05, 0.1) is 5.69 Å². The Morgan fingerprint density at radius 2 is 1.94 bits per heavy atom. The fourth-order valence-corrected chi connectivity index (χ4v) is 4.19. The van der Waals surface area contributed by atoms with E-state index in [0.29, 0.717) is 36.3 Å². The van der Waals surface area contributed by atoms with Gasteiger partial charge in [-0.3, -0.25) is 5.41 Å². The second-order valence-corrected chi connectivity index (χ2v) is 8.96. The molecule has 184 valence electrons. The topological polar surface area (TPSA) is 141 Å². The highest BCUT2D eigenvalue weighted by atomic mass is 16.6. The summed E-state index contributed by atoms with van der Waals surface area (Å²) in [6.45, 7) is 4.67. The quantitative estimate of drug-likeness (QED) is 0.250. The Bertz CT molecular complexity index is 1440. The lowest BCUT2D eigenvalue weighted by Crippen LogP contribution is -2.19. The minimum absolute atomic E-state index is 0.278. The van der Waals surface area contributed by atoms with E-state index in [1.165, 1.54) is 24.7 Å². The molecule has 36 heavy (non-hydrogen) atoms. The first kappa shape index (κ1) is 23.3. The molecule has 0 unspecified atom stereocenters. The first-order valence-electron chi connectivity index (χ1n) is 11.7. The molecule has 3 aromatic heterocycles. The Morgan fingerprint density at radius 3 is 2.67 bits per heavy atom. The number of nitrogens with zero attached hydrogens (tertiary/aromatic N) is 4. The zero-order valence-corrected chi connectivity index (χ0v) is 20.1. The summed E-state index contributed by atoms with van der Waals surface area (Å²) in [5.74, 6) is 1.49. The van der Waals surface area contributed by atoms with Gasteiger partial charge in [0.1, 0.15) is 24.4 Å². The van der Waals surface area contributed by atoms with E-state index in [1.54, 1.807) is 18.2 Å². The predicted octanol–water partition coefficient (Wildman–Crippen LogP) is 4.23. The van der Waals surface area contributed by atoms with Gasteiger partial charge in [-0.1, -0.05) is 6.07 Å². The number of rotatable bonds is 8. The van der Waals surface area contributed by atoms with Crippen molar-refractivity contribution in [2.24, 2.45) is 5.73 Å². The molecule has 0 saturated heterocycles. The van der Waals surface area contributed by atoms with Crippen LogP contribution < -0.4 is 15.8 Å². The normalized spacial score (nSPS) is 12.9. The van der Waals surface area contributed by atoms with Gasteiger partial charge in [0, 0.05) is 30.6 Å². The van der Waals surface area contributed by atoms with Gasteiger partial charge >= 0.3 is 6.09 Å². The van der Waals surface area contributed by atoms with E-state index in [-0.39, 0.29) is 5.90 Å². The second-order valence-electron chi connectivity index (χ2n) is 8.96. The molecule has 1 fully saturated rings. The molecule has 0 radical (unpaired) electrons. The highest BCUT2D eigenvalue weighted by molar-refractivity contribution is 5.98. The fourth-order valence-electron chi connectivity index (χ4n) is 4.19. The maximum absolute atomic E-state index is 10.9. The third-order valence-corrected chi connectivity index (χ3v) is 6.19. The number of anilines is 1. The van der Waals surface area contributed by atoms with Crippen LogP contribution in [-0.4, -0.2) is 31.3 Å². The molecule has 4 aromatic rings. The zero-order valence-electron chi connectivity index (χ0n) is 20.1. The van der Waals surface area contributed by atoms with Crippen LogP contribution in [0.3, 0.4) is 0 Å². The van der Waals surface area contributed by atoms with Gasteiger partial charge in [0.25, 0.3) is 0 Å². The first-order valence-corrected chi connectivity index (χ1v) is 11.7. The Kier molecular flexibility index (Phi) is 6.24. The molecule has 1 aliphatic rings. The van der Waals surface area contributed by atoms with Crippen molar-refractivity contribution >= 4 is 23.5 Å². The van der Waals surface area contributed by atoms with Crippen LogP contribution in [0.1, 0.15) is 52.3 Å². The van der Waals surface area contributed by atoms with Gasteiger partial charge < -0.3 is 24.9 Å². The van der Waals surface area contributed by atoms with E-state index >= 15 is 0 Å². The van der Waals surface area contributed by atoms with E-state index in [9.17, 15) is 4.79 Å². The second kappa shape index (κ2) is 9.65. The number of nitrogens with two attached hydrogens (primary N) is 1. The van der Waals surface area contributed by atoms with Crippen LogP contribution in [0, 0.1) is 19.3 Å². The Balaban J connectivity index is 1.21. The Hall–Kier alpha value is -4.47. The average molecular weight is 486 g/mol. The number of fused-ring (bicyclic) bond motifs is 1. The number of imidazole rings is 1. The summed E-state index contributed by atoms with van der Waals surface area (Å²) in [5.41, 5.74) is 11.5. The standard InChI is InChI=1S/C26H27N7O3/c1-15-7-19(25(27)36-26(28)34)8-16(2)21(15)10-29-22-9-24(31-14-30-22)35-13-20-12-33-11-18(17-3-4-17)5-6-23(33)32-20/h5-9,11-12,14,17,27H,3-4,10,13H2,1-2H3,(H2,28,34)(H,29,30,31). The van der Waals surface area contributed by atoms with E-state index < -0.39 is 6.09 Å². The number of hydrogen-bond acceptors (Lipinski definition) is 8. The summed E-state index contributed by atoms with van der Waals surface area (Å²) in [6.07, 6.45) is 7.12. The number of aromatic nitrogens is 4. The summed E-state index contributed by atoms with van der Waals surface area (Å²) in [7, 11) is 0. The van der Waals surface area contributed by atoms with E-state index in [1.807, 2.05) is 26.1 Å². The minimum atomic E-state index is -1.01. The third-order valence-electron chi connectivity index (χ3n) is 6.19. The molecule has 10 nitrogen and oxygen atoms in total. The Labute approximate surface area is 208 Å². The average Bonchev–Trinajstić information content (AvgIpc) is 3.61. The summed E-state index contributed by atoms with van der Waals surface area (Å²) >= 11 is 0. The predicted molar refractivity (Wildman–Crippen MR) is 134 cm³/mol. The molecule has 5 rings (SSSR count). The van der Waals surface area contributed by atoms with Gasteiger partial charge in [-0.05, 0) is 73.1 Å². The molecule has 3 heterocycles. The third kappa shape index (κ3) is 5.27. The number of primary amides is 1. The molecule has 1 aliphatic carbocycles. The molecule has 1 amide bonds. The van der Waals surface area contributed by atoms with Crippen LogP contribution in [0.15, 0.2) is 49.1 Å². The number of aryl methyl sites for hydroxylation is 2. The lowest BCUT2D eigenvalue weighted by Gasteiger charge is -2.14. The minimum Gasteiger partial charge on any atom is -0.471 e. The number of amides is 1. The lowest BCUT2D eigenvalue weighted by atomic mass is 9.99. The number of pyridine rings is 1. The molecule has 4 N–H and O–H groups in total. The van der Waals surface area contributed by atoms with Gasteiger partial charge in [-0.15, -0.1) is 0 Å². The summed E-state index contributed by atoms with van der Waals surface area (Å²) < 4.78 is 12.6. The van der Waals surface area contributed by atoms with Gasteiger partial charge in [-0.25, -0.2) is 19.7 Å². The monoisotopic (exact) mass is 485 g/mol. The van der Waals surface area contributed by atoms with Crippen LogP contribution in [0.25, 0.3) is 5.65 Å². The lowest BCUT2D eigenvalue weighted by molar-refractivity contribution is 0.208. The smallest absolute Gasteiger partial charge is 0.411 e. The first-order chi connectivity index (χ1) is 17.4. The van der Waals surface area contributed by atoms with Crippen molar-refractivity contribution in [3.63, 3.8) is 0 Å². The maximum Gasteiger partial charge on any atom is 0.411 e. The van der Waals surface area contributed by atoms with Crippen LogP contribution in [-0.2, 0) is 17.9 Å². The van der Waals surface area contributed by atoms with Crippen molar-refractivity contribution in [2.75, 3.05) is 5.32 Å². The van der Waals surface area contributed by atoms with E-state index in [0.717, 1.165) is 28.0 Å². The number of nitrogens with one attached hydrogen (secondary N) is 2. The SMILES string of the molecule is Cc1cc(C(=N)OC(N)=O)cc(C)c1CNc1cc(OCc2cn3cc(C4CC4)ccc3n2)ncn1. The Morgan fingerprint density at radius 1 is 1.17 bits per heavy atom. The molecule has 1 saturated carbocycles. The van der Waals surface area contributed by atoms with Gasteiger partial charge in [0.2, 0.25) is 11.8 Å².